The predicted molar refractivity (Wildman–Crippen MR) is 147 cm³/mol. The first kappa shape index (κ1) is 25.9. The van der Waals surface area contributed by atoms with Crippen LogP contribution in [-0.2, 0) is 11.3 Å². The summed E-state index contributed by atoms with van der Waals surface area (Å²) in [6, 6.07) is 12.4. The van der Waals surface area contributed by atoms with E-state index in [1.807, 2.05) is 35.9 Å². The molecule has 36 heavy (non-hydrogen) atoms. The molecule has 4 rings (SSSR count). The van der Waals surface area contributed by atoms with Crippen molar-refractivity contribution in [3.05, 3.63) is 69.9 Å². The Kier molecular flexibility index (Phi) is 8.11. The number of hydrogen-bond acceptors (Lipinski definition) is 7. The molecule has 2 aromatic carbocycles. The number of thiazole rings is 1. The summed E-state index contributed by atoms with van der Waals surface area (Å²) in [6.07, 6.45) is -0.277. The summed E-state index contributed by atoms with van der Waals surface area (Å²) in [5, 5.41) is 14.8. The lowest BCUT2D eigenvalue weighted by Crippen LogP contribution is -2.15. The SMILES string of the molecule is CCn1c(SCC(=O)Nc2nc(-c3ccc(C)c(C)c3)cs2)nnc1C(C)Oc1cc(C)cc(C)c1. The Balaban J connectivity index is 1.37. The highest BCUT2D eigenvalue weighted by Crippen LogP contribution is 2.28. The summed E-state index contributed by atoms with van der Waals surface area (Å²) in [4.78, 5) is 17.2. The molecule has 4 aromatic rings. The third-order valence-corrected chi connectivity index (χ3v) is 7.54. The van der Waals surface area contributed by atoms with Crippen molar-refractivity contribution in [2.75, 3.05) is 11.1 Å². The summed E-state index contributed by atoms with van der Waals surface area (Å²) in [6.45, 7) is 12.9. The van der Waals surface area contributed by atoms with Crippen molar-refractivity contribution in [3.63, 3.8) is 0 Å². The molecule has 1 N–H and O–H groups in total. The van der Waals surface area contributed by atoms with Crippen LogP contribution in [0.4, 0.5) is 5.13 Å². The maximum absolute atomic E-state index is 12.6. The van der Waals surface area contributed by atoms with Crippen LogP contribution in [0.1, 0.15) is 48.0 Å². The average molecular weight is 522 g/mol. The topological polar surface area (TPSA) is 81.9 Å². The Morgan fingerprint density at radius 2 is 1.83 bits per heavy atom. The van der Waals surface area contributed by atoms with E-state index in [1.165, 1.54) is 34.2 Å². The quantitative estimate of drug-likeness (QED) is 0.252. The van der Waals surface area contributed by atoms with E-state index >= 15 is 0 Å². The van der Waals surface area contributed by atoms with Gasteiger partial charge in [0.25, 0.3) is 0 Å². The second kappa shape index (κ2) is 11.3. The van der Waals surface area contributed by atoms with Crippen molar-refractivity contribution in [3.8, 4) is 17.0 Å². The molecular weight excluding hydrogens is 490 g/mol. The van der Waals surface area contributed by atoms with Crippen molar-refractivity contribution < 1.29 is 9.53 Å². The first-order valence-electron chi connectivity index (χ1n) is 11.9. The van der Waals surface area contributed by atoms with Crippen LogP contribution in [0.2, 0.25) is 0 Å². The number of anilines is 1. The van der Waals surface area contributed by atoms with E-state index in [4.69, 9.17) is 4.74 Å². The Bertz CT molecular complexity index is 1360. The zero-order chi connectivity index (χ0) is 25.8. The number of thioether (sulfide) groups is 1. The van der Waals surface area contributed by atoms with Gasteiger partial charge in [-0.25, -0.2) is 4.98 Å². The highest BCUT2D eigenvalue weighted by molar-refractivity contribution is 7.99. The second-order valence-corrected chi connectivity index (χ2v) is 10.6. The van der Waals surface area contributed by atoms with Crippen molar-refractivity contribution >= 4 is 34.1 Å². The molecule has 7 nitrogen and oxygen atoms in total. The Morgan fingerprint density at radius 1 is 1.08 bits per heavy atom. The highest BCUT2D eigenvalue weighted by atomic mass is 32.2. The normalized spacial score (nSPS) is 11.9. The Morgan fingerprint density at radius 3 is 2.53 bits per heavy atom. The molecule has 0 aliphatic carbocycles. The lowest BCUT2D eigenvalue weighted by atomic mass is 10.1. The van der Waals surface area contributed by atoms with E-state index in [1.54, 1.807) is 0 Å². The minimum absolute atomic E-state index is 0.132. The number of rotatable bonds is 9. The number of nitrogens with one attached hydrogen (secondary N) is 1. The molecule has 188 valence electrons. The maximum atomic E-state index is 12.6. The van der Waals surface area contributed by atoms with Gasteiger partial charge in [0.15, 0.2) is 22.2 Å². The van der Waals surface area contributed by atoms with Crippen molar-refractivity contribution in [1.82, 2.24) is 19.7 Å². The lowest BCUT2D eigenvalue weighted by Gasteiger charge is -2.16. The molecule has 1 unspecified atom stereocenters. The smallest absolute Gasteiger partial charge is 0.236 e. The summed E-state index contributed by atoms with van der Waals surface area (Å²) < 4.78 is 8.15. The minimum Gasteiger partial charge on any atom is -0.483 e. The first-order valence-corrected chi connectivity index (χ1v) is 13.7. The molecule has 0 fully saturated rings. The molecule has 0 saturated heterocycles. The monoisotopic (exact) mass is 521 g/mol. The standard InChI is InChI=1S/C27H31N5O2S2/c1-7-32-25(20(6)34-22-11-16(2)10-17(3)12-22)30-31-27(32)36-15-24(33)29-26-28-23(14-35-26)21-9-8-18(4)19(5)13-21/h8-14,20H,7,15H2,1-6H3,(H,28,29,33). The molecule has 1 atom stereocenters. The van der Waals surface area contributed by atoms with E-state index in [0.29, 0.717) is 16.8 Å². The van der Waals surface area contributed by atoms with Crippen LogP contribution >= 0.6 is 23.1 Å². The van der Waals surface area contributed by atoms with Gasteiger partial charge in [-0.3, -0.25) is 4.79 Å². The van der Waals surface area contributed by atoms with Crippen molar-refractivity contribution in [1.29, 1.82) is 0 Å². The van der Waals surface area contributed by atoms with Gasteiger partial charge >= 0.3 is 0 Å². The first-order chi connectivity index (χ1) is 17.2. The van der Waals surface area contributed by atoms with Crippen LogP contribution in [-0.4, -0.2) is 31.4 Å². The molecule has 9 heteroatoms. The Hall–Kier alpha value is -3.17. The molecule has 0 saturated carbocycles. The second-order valence-electron chi connectivity index (χ2n) is 8.84. The van der Waals surface area contributed by atoms with Gasteiger partial charge in [-0.2, -0.15) is 0 Å². The van der Waals surface area contributed by atoms with Crippen LogP contribution in [0.25, 0.3) is 11.3 Å². The van der Waals surface area contributed by atoms with Gasteiger partial charge in [0.2, 0.25) is 5.91 Å². The van der Waals surface area contributed by atoms with Crippen LogP contribution in [0.3, 0.4) is 0 Å². The number of amides is 1. The van der Waals surface area contributed by atoms with Gasteiger partial charge in [-0.15, -0.1) is 21.5 Å². The number of nitrogens with zero attached hydrogens (tertiary/aromatic N) is 4. The number of carbonyl (C=O) groups excluding carboxylic acids is 1. The largest absolute Gasteiger partial charge is 0.483 e. The van der Waals surface area contributed by atoms with Crippen LogP contribution in [0, 0.1) is 27.7 Å². The molecular formula is C27H31N5O2S2. The van der Waals surface area contributed by atoms with Crippen LogP contribution in [0.5, 0.6) is 5.75 Å². The molecule has 2 aromatic heterocycles. The summed E-state index contributed by atoms with van der Waals surface area (Å²) >= 11 is 2.77. The van der Waals surface area contributed by atoms with Gasteiger partial charge in [-0.05, 0) is 82.0 Å². The molecule has 0 aliphatic heterocycles. The molecule has 0 radical (unpaired) electrons. The maximum Gasteiger partial charge on any atom is 0.236 e. The Labute approximate surface area is 220 Å². The summed E-state index contributed by atoms with van der Waals surface area (Å²) in [7, 11) is 0. The molecule has 2 heterocycles. The molecule has 0 spiro atoms. The molecule has 1 amide bonds. The van der Waals surface area contributed by atoms with Gasteiger partial charge in [-0.1, -0.05) is 30.0 Å². The van der Waals surface area contributed by atoms with E-state index in [-0.39, 0.29) is 17.8 Å². The van der Waals surface area contributed by atoms with E-state index in [9.17, 15) is 4.79 Å². The van der Waals surface area contributed by atoms with E-state index < -0.39 is 0 Å². The van der Waals surface area contributed by atoms with E-state index in [0.717, 1.165) is 34.0 Å². The van der Waals surface area contributed by atoms with E-state index in [2.05, 4.69) is 72.5 Å². The van der Waals surface area contributed by atoms with Gasteiger partial charge in [0.05, 0.1) is 11.4 Å². The zero-order valence-corrected chi connectivity index (χ0v) is 23.1. The molecule has 0 bridgehead atoms. The fourth-order valence-electron chi connectivity index (χ4n) is 3.91. The molecule has 0 aliphatic rings. The van der Waals surface area contributed by atoms with Gasteiger partial charge < -0.3 is 14.6 Å². The number of aryl methyl sites for hydroxylation is 4. The zero-order valence-electron chi connectivity index (χ0n) is 21.5. The van der Waals surface area contributed by atoms with Crippen molar-refractivity contribution in [2.24, 2.45) is 0 Å². The number of ether oxygens (including phenoxy) is 1. The fourth-order valence-corrected chi connectivity index (χ4v) is 5.46. The third kappa shape index (κ3) is 6.14. The van der Waals surface area contributed by atoms with Crippen molar-refractivity contribution in [2.45, 2.75) is 59.3 Å². The third-order valence-electron chi connectivity index (χ3n) is 5.82. The number of aromatic nitrogens is 4. The van der Waals surface area contributed by atoms with Gasteiger partial charge in [0.1, 0.15) is 5.75 Å². The average Bonchev–Trinajstić information content (AvgIpc) is 3.45. The lowest BCUT2D eigenvalue weighted by molar-refractivity contribution is -0.113. The highest BCUT2D eigenvalue weighted by Gasteiger charge is 2.20. The van der Waals surface area contributed by atoms with Crippen LogP contribution in [0.15, 0.2) is 46.9 Å². The summed E-state index contributed by atoms with van der Waals surface area (Å²) in [5.74, 6) is 1.62. The number of benzene rings is 2. The van der Waals surface area contributed by atoms with Gasteiger partial charge in [0, 0.05) is 17.5 Å². The number of carbonyl (C=O) groups is 1. The summed E-state index contributed by atoms with van der Waals surface area (Å²) in [5.41, 5.74) is 6.67. The number of hydrogen-bond donors (Lipinski definition) is 1. The predicted octanol–water partition coefficient (Wildman–Crippen LogP) is 6.53. The van der Waals surface area contributed by atoms with Crippen LogP contribution < -0.4 is 10.1 Å². The fraction of sp³-hybridized carbons (Fsp3) is 0.333. The minimum atomic E-state index is -0.277.